The fraction of sp³-hybridized carbons (Fsp3) is 0.235. The number of ketones is 2. The molecule has 0 saturated heterocycles. The highest BCUT2D eigenvalue weighted by Gasteiger charge is 2.22. The zero-order valence-electron chi connectivity index (χ0n) is 12.3. The lowest BCUT2D eigenvalue weighted by Gasteiger charge is -2.20. The first-order chi connectivity index (χ1) is 11.2. The van der Waals surface area contributed by atoms with Gasteiger partial charge in [0, 0.05) is 30.8 Å². The molecule has 6 nitrogen and oxygen atoms in total. The molecule has 3 rings (SSSR count). The van der Waals surface area contributed by atoms with E-state index >= 15 is 0 Å². The monoisotopic (exact) mass is 313 g/mol. The molecule has 0 amide bonds. The minimum absolute atomic E-state index is 0.00829. The SMILES string of the molecule is O=C(CCC(=O)c1ccc2c(c1O)OCCO2)c1ccncc1. The van der Waals surface area contributed by atoms with E-state index < -0.39 is 0 Å². The smallest absolute Gasteiger partial charge is 0.204 e. The van der Waals surface area contributed by atoms with Crippen LogP contribution in [0.1, 0.15) is 33.6 Å². The lowest BCUT2D eigenvalue weighted by atomic mass is 10.0. The highest BCUT2D eigenvalue weighted by Crippen LogP contribution is 2.41. The fourth-order valence-electron chi connectivity index (χ4n) is 2.37. The van der Waals surface area contributed by atoms with Crippen molar-refractivity contribution in [2.24, 2.45) is 0 Å². The molecule has 1 N–H and O–H groups in total. The molecule has 2 aromatic rings. The van der Waals surface area contributed by atoms with Crippen LogP contribution < -0.4 is 9.47 Å². The number of Topliss-reactive ketones (excluding diaryl/α,β-unsaturated/α-hetero) is 2. The van der Waals surface area contributed by atoms with Gasteiger partial charge in [-0.25, -0.2) is 0 Å². The summed E-state index contributed by atoms with van der Waals surface area (Å²) >= 11 is 0. The summed E-state index contributed by atoms with van der Waals surface area (Å²) in [6.07, 6.45) is 3.13. The largest absolute Gasteiger partial charge is 0.504 e. The molecule has 6 heteroatoms. The van der Waals surface area contributed by atoms with Crippen molar-refractivity contribution in [3.8, 4) is 17.2 Å². The maximum Gasteiger partial charge on any atom is 0.204 e. The van der Waals surface area contributed by atoms with E-state index in [0.717, 1.165) is 0 Å². The highest BCUT2D eigenvalue weighted by atomic mass is 16.6. The van der Waals surface area contributed by atoms with Crippen molar-refractivity contribution < 1.29 is 24.2 Å². The number of aromatic nitrogens is 1. The van der Waals surface area contributed by atoms with Gasteiger partial charge in [0.25, 0.3) is 0 Å². The number of hydrogen-bond donors (Lipinski definition) is 1. The topological polar surface area (TPSA) is 85.7 Å². The van der Waals surface area contributed by atoms with Crippen molar-refractivity contribution in [2.75, 3.05) is 13.2 Å². The predicted molar refractivity (Wildman–Crippen MR) is 81.2 cm³/mol. The van der Waals surface area contributed by atoms with Crippen LogP contribution in [0.3, 0.4) is 0 Å². The minimum atomic E-state index is -0.318. The van der Waals surface area contributed by atoms with Gasteiger partial charge in [-0.05, 0) is 24.3 Å². The fourth-order valence-corrected chi connectivity index (χ4v) is 2.37. The van der Waals surface area contributed by atoms with Crippen molar-refractivity contribution in [2.45, 2.75) is 12.8 Å². The molecule has 23 heavy (non-hydrogen) atoms. The van der Waals surface area contributed by atoms with Gasteiger partial charge in [0.1, 0.15) is 13.2 Å². The molecule has 1 aromatic carbocycles. The van der Waals surface area contributed by atoms with Gasteiger partial charge in [-0.1, -0.05) is 0 Å². The zero-order valence-corrected chi connectivity index (χ0v) is 12.3. The number of phenolic OH excluding ortho intramolecular Hbond substituents is 1. The highest BCUT2D eigenvalue weighted by molar-refractivity contribution is 6.03. The molecule has 0 radical (unpaired) electrons. The number of phenols is 1. The van der Waals surface area contributed by atoms with Gasteiger partial charge in [0.05, 0.1) is 5.56 Å². The van der Waals surface area contributed by atoms with Crippen LogP contribution in [0.4, 0.5) is 0 Å². The van der Waals surface area contributed by atoms with E-state index in [0.29, 0.717) is 24.5 Å². The molecule has 0 unspecified atom stereocenters. The Hall–Kier alpha value is -2.89. The molecular formula is C17H15NO5. The number of fused-ring (bicyclic) bond motifs is 1. The lowest BCUT2D eigenvalue weighted by molar-refractivity contribution is 0.0914. The van der Waals surface area contributed by atoms with E-state index in [1.165, 1.54) is 18.5 Å². The Morgan fingerprint density at radius 2 is 1.70 bits per heavy atom. The van der Waals surface area contributed by atoms with Gasteiger partial charge in [-0.3, -0.25) is 14.6 Å². The Labute approximate surface area is 132 Å². The number of benzene rings is 1. The summed E-state index contributed by atoms with van der Waals surface area (Å²) in [4.78, 5) is 28.1. The summed E-state index contributed by atoms with van der Waals surface area (Å²) < 4.78 is 10.7. The van der Waals surface area contributed by atoms with Crippen LogP contribution in [0.5, 0.6) is 17.2 Å². The molecule has 0 atom stereocenters. The first-order valence-corrected chi connectivity index (χ1v) is 7.25. The van der Waals surface area contributed by atoms with E-state index in [9.17, 15) is 14.7 Å². The Balaban J connectivity index is 1.70. The van der Waals surface area contributed by atoms with Crippen LogP contribution >= 0.6 is 0 Å². The first-order valence-electron chi connectivity index (χ1n) is 7.25. The average molecular weight is 313 g/mol. The third-order valence-electron chi connectivity index (χ3n) is 3.56. The maximum atomic E-state index is 12.3. The molecule has 0 bridgehead atoms. The zero-order chi connectivity index (χ0) is 16.2. The number of carbonyl (C=O) groups excluding carboxylic acids is 2. The standard InChI is InChI=1S/C17H15NO5/c19-13(11-5-7-18-8-6-11)2-3-14(20)12-1-4-15-17(16(12)21)23-10-9-22-15/h1,4-8,21H,2-3,9-10H2. The van der Waals surface area contributed by atoms with Crippen molar-refractivity contribution in [1.29, 1.82) is 0 Å². The predicted octanol–water partition coefficient (Wildman–Crippen LogP) is 2.40. The van der Waals surface area contributed by atoms with E-state index in [-0.39, 0.29) is 41.5 Å². The Morgan fingerprint density at radius 1 is 1.00 bits per heavy atom. The molecule has 0 fully saturated rings. The maximum absolute atomic E-state index is 12.3. The molecule has 2 heterocycles. The van der Waals surface area contributed by atoms with E-state index in [1.807, 2.05) is 0 Å². The second kappa shape index (κ2) is 6.48. The van der Waals surface area contributed by atoms with Crippen LogP contribution in [0.25, 0.3) is 0 Å². The number of hydrogen-bond acceptors (Lipinski definition) is 6. The van der Waals surface area contributed by atoms with Crippen LogP contribution in [0.15, 0.2) is 36.7 Å². The van der Waals surface area contributed by atoms with Gasteiger partial charge in [-0.2, -0.15) is 0 Å². The quantitative estimate of drug-likeness (QED) is 0.853. The Bertz CT molecular complexity index is 742. The summed E-state index contributed by atoms with van der Waals surface area (Å²) in [5.74, 6) is -0.0936. The summed E-state index contributed by atoms with van der Waals surface area (Å²) in [5, 5.41) is 10.2. The number of aromatic hydroxyl groups is 1. The number of carbonyl (C=O) groups is 2. The number of pyridine rings is 1. The normalized spacial score (nSPS) is 12.7. The van der Waals surface area contributed by atoms with Gasteiger partial charge in [0.15, 0.2) is 23.1 Å². The first kappa shape index (κ1) is 15.0. The second-order valence-corrected chi connectivity index (χ2v) is 5.07. The van der Waals surface area contributed by atoms with Crippen LogP contribution in [-0.2, 0) is 0 Å². The van der Waals surface area contributed by atoms with Crippen LogP contribution in [-0.4, -0.2) is 34.9 Å². The number of nitrogens with zero attached hydrogens (tertiary/aromatic N) is 1. The Kier molecular flexibility index (Phi) is 4.23. The van der Waals surface area contributed by atoms with E-state index in [4.69, 9.17) is 9.47 Å². The van der Waals surface area contributed by atoms with Crippen molar-refractivity contribution in [3.63, 3.8) is 0 Å². The van der Waals surface area contributed by atoms with Crippen LogP contribution in [0.2, 0.25) is 0 Å². The van der Waals surface area contributed by atoms with Gasteiger partial charge in [-0.15, -0.1) is 0 Å². The molecule has 1 aromatic heterocycles. The third-order valence-corrected chi connectivity index (χ3v) is 3.56. The summed E-state index contributed by atoms with van der Waals surface area (Å²) in [6, 6.07) is 6.29. The van der Waals surface area contributed by atoms with E-state index in [1.54, 1.807) is 18.2 Å². The molecule has 118 valence electrons. The van der Waals surface area contributed by atoms with Gasteiger partial charge < -0.3 is 14.6 Å². The molecule has 0 aliphatic carbocycles. The molecular weight excluding hydrogens is 298 g/mol. The second-order valence-electron chi connectivity index (χ2n) is 5.07. The third kappa shape index (κ3) is 3.15. The minimum Gasteiger partial charge on any atom is -0.504 e. The summed E-state index contributed by atoms with van der Waals surface area (Å²) in [5.41, 5.74) is 0.649. The van der Waals surface area contributed by atoms with Crippen LogP contribution in [0, 0.1) is 0 Å². The number of ether oxygens (including phenoxy) is 2. The average Bonchev–Trinajstić information content (AvgIpc) is 2.60. The Morgan fingerprint density at radius 3 is 2.48 bits per heavy atom. The summed E-state index contributed by atoms with van der Waals surface area (Å²) in [7, 11) is 0. The molecule has 1 aliphatic rings. The van der Waals surface area contributed by atoms with E-state index in [2.05, 4.69) is 4.98 Å². The van der Waals surface area contributed by atoms with Gasteiger partial charge >= 0.3 is 0 Å². The molecule has 1 aliphatic heterocycles. The summed E-state index contributed by atoms with van der Waals surface area (Å²) in [6.45, 7) is 0.721. The van der Waals surface area contributed by atoms with Crippen molar-refractivity contribution >= 4 is 11.6 Å². The van der Waals surface area contributed by atoms with Gasteiger partial charge in [0.2, 0.25) is 5.75 Å². The molecule has 0 spiro atoms. The van der Waals surface area contributed by atoms with Crippen molar-refractivity contribution in [3.05, 3.63) is 47.8 Å². The van der Waals surface area contributed by atoms with Crippen molar-refractivity contribution in [1.82, 2.24) is 4.98 Å². The lowest BCUT2D eigenvalue weighted by Crippen LogP contribution is -2.16. The molecule has 0 saturated carbocycles. The number of rotatable bonds is 5.